The quantitative estimate of drug-likeness (QED) is 0.818. The van der Waals surface area contributed by atoms with Gasteiger partial charge in [-0.15, -0.1) is 0 Å². The van der Waals surface area contributed by atoms with E-state index < -0.39 is 0 Å². The maximum Gasteiger partial charge on any atom is 0.252 e. The van der Waals surface area contributed by atoms with Gasteiger partial charge in [0.2, 0.25) is 0 Å². The van der Waals surface area contributed by atoms with Crippen molar-refractivity contribution in [2.75, 3.05) is 19.8 Å². The normalized spacial score (nSPS) is 26.4. The smallest absolute Gasteiger partial charge is 0.252 e. The first-order chi connectivity index (χ1) is 9.59. The molecule has 2 fully saturated rings. The monoisotopic (exact) mass is 279 g/mol. The molecule has 0 aromatic carbocycles. The van der Waals surface area contributed by atoms with E-state index in [2.05, 4.69) is 5.10 Å². The lowest BCUT2D eigenvalue weighted by molar-refractivity contribution is -0.175. The van der Waals surface area contributed by atoms with E-state index in [1.807, 2.05) is 25.6 Å². The zero-order chi connectivity index (χ0) is 14.3. The van der Waals surface area contributed by atoms with E-state index in [9.17, 15) is 4.79 Å². The van der Waals surface area contributed by atoms with Crippen molar-refractivity contribution in [1.29, 1.82) is 0 Å². The van der Waals surface area contributed by atoms with Crippen LogP contribution >= 0.6 is 0 Å². The van der Waals surface area contributed by atoms with Crippen LogP contribution in [0.4, 0.5) is 0 Å². The third-order valence-electron chi connectivity index (χ3n) is 4.26. The molecular weight excluding hydrogens is 258 g/mol. The highest BCUT2D eigenvalue weighted by Crippen LogP contribution is 2.38. The Kier molecular flexibility index (Phi) is 3.52. The Labute approximate surface area is 118 Å². The lowest BCUT2D eigenvalue weighted by Gasteiger charge is -2.23. The molecule has 1 aromatic rings. The van der Waals surface area contributed by atoms with Crippen molar-refractivity contribution in [3.8, 4) is 0 Å². The summed E-state index contributed by atoms with van der Waals surface area (Å²) in [6, 6.07) is 0. The number of aromatic nitrogens is 2. The van der Waals surface area contributed by atoms with Crippen LogP contribution in [0.15, 0.2) is 0 Å². The second-order valence-corrected chi connectivity index (χ2v) is 5.52. The highest BCUT2D eigenvalue weighted by molar-refractivity contribution is 5.79. The molecule has 0 N–H and O–H groups in total. The largest absolute Gasteiger partial charge is 0.373 e. The summed E-state index contributed by atoms with van der Waals surface area (Å²) in [5.41, 5.74) is 3.06. The van der Waals surface area contributed by atoms with E-state index in [1.165, 1.54) is 5.06 Å². The molecule has 1 amide bonds. The molecule has 1 aromatic heterocycles. The SMILES string of the molecule is Cc1nn(C)c(C)c1[C@H]1OCC[C@@H]1C(=O)N1CCCO1. The van der Waals surface area contributed by atoms with Gasteiger partial charge >= 0.3 is 0 Å². The third-order valence-corrected chi connectivity index (χ3v) is 4.26. The predicted octanol–water partition coefficient (Wildman–Crippen LogP) is 1.28. The number of amides is 1. The van der Waals surface area contributed by atoms with Crippen molar-refractivity contribution in [2.24, 2.45) is 13.0 Å². The minimum atomic E-state index is -0.194. The fourth-order valence-corrected chi connectivity index (χ4v) is 3.13. The van der Waals surface area contributed by atoms with Gasteiger partial charge in [0, 0.05) is 24.9 Å². The van der Waals surface area contributed by atoms with Gasteiger partial charge in [0.15, 0.2) is 0 Å². The van der Waals surface area contributed by atoms with Gasteiger partial charge in [-0.2, -0.15) is 5.10 Å². The Balaban J connectivity index is 1.86. The topological polar surface area (TPSA) is 56.6 Å². The number of nitrogens with zero attached hydrogens (tertiary/aromatic N) is 3. The molecule has 0 aliphatic carbocycles. The molecule has 3 rings (SSSR count). The molecule has 2 aliphatic heterocycles. The van der Waals surface area contributed by atoms with Crippen molar-refractivity contribution in [2.45, 2.75) is 32.8 Å². The molecule has 0 spiro atoms. The molecule has 20 heavy (non-hydrogen) atoms. The number of rotatable bonds is 2. The van der Waals surface area contributed by atoms with E-state index in [4.69, 9.17) is 9.57 Å². The molecule has 0 saturated carbocycles. The second kappa shape index (κ2) is 5.18. The first kappa shape index (κ1) is 13.6. The Morgan fingerprint density at radius 1 is 1.35 bits per heavy atom. The Morgan fingerprint density at radius 3 is 2.75 bits per heavy atom. The second-order valence-electron chi connectivity index (χ2n) is 5.52. The predicted molar refractivity (Wildman–Crippen MR) is 71.8 cm³/mol. The number of hydroxylamine groups is 2. The number of carbonyl (C=O) groups excluding carboxylic acids is 1. The minimum Gasteiger partial charge on any atom is -0.373 e. The van der Waals surface area contributed by atoms with Crippen LogP contribution in [-0.4, -0.2) is 40.5 Å². The van der Waals surface area contributed by atoms with E-state index in [0.29, 0.717) is 19.8 Å². The van der Waals surface area contributed by atoms with Crippen LogP contribution in [0.1, 0.15) is 35.9 Å². The molecule has 0 bridgehead atoms. The van der Waals surface area contributed by atoms with E-state index in [1.54, 1.807) is 0 Å². The molecule has 6 heteroatoms. The van der Waals surface area contributed by atoms with Gasteiger partial charge in [0.05, 0.1) is 30.9 Å². The average molecular weight is 279 g/mol. The Morgan fingerprint density at radius 2 is 2.15 bits per heavy atom. The van der Waals surface area contributed by atoms with Crippen molar-refractivity contribution < 1.29 is 14.4 Å². The zero-order valence-corrected chi connectivity index (χ0v) is 12.3. The van der Waals surface area contributed by atoms with Crippen LogP contribution in [-0.2, 0) is 21.4 Å². The highest BCUT2D eigenvalue weighted by Gasteiger charge is 2.41. The average Bonchev–Trinajstić information content (AvgIpc) is 3.12. The van der Waals surface area contributed by atoms with Gasteiger partial charge < -0.3 is 4.74 Å². The molecule has 3 heterocycles. The first-order valence-corrected chi connectivity index (χ1v) is 7.15. The molecule has 110 valence electrons. The lowest BCUT2D eigenvalue weighted by Crippen LogP contribution is -2.34. The fourth-order valence-electron chi connectivity index (χ4n) is 3.13. The molecule has 6 nitrogen and oxygen atoms in total. The van der Waals surface area contributed by atoms with Gasteiger partial charge in [-0.3, -0.25) is 14.3 Å². The summed E-state index contributed by atoms with van der Waals surface area (Å²) >= 11 is 0. The van der Waals surface area contributed by atoms with Crippen LogP contribution in [0.2, 0.25) is 0 Å². The summed E-state index contributed by atoms with van der Waals surface area (Å²) in [5, 5.41) is 5.93. The van der Waals surface area contributed by atoms with Crippen LogP contribution in [0, 0.1) is 19.8 Å². The summed E-state index contributed by atoms with van der Waals surface area (Å²) in [7, 11) is 1.92. The van der Waals surface area contributed by atoms with Crippen LogP contribution in [0.3, 0.4) is 0 Å². The highest BCUT2D eigenvalue weighted by atomic mass is 16.7. The van der Waals surface area contributed by atoms with Crippen LogP contribution in [0.5, 0.6) is 0 Å². The molecular formula is C14H21N3O3. The van der Waals surface area contributed by atoms with Crippen molar-refractivity contribution in [1.82, 2.24) is 14.8 Å². The van der Waals surface area contributed by atoms with Crippen molar-refractivity contribution in [3.63, 3.8) is 0 Å². The molecule has 0 unspecified atom stereocenters. The van der Waals surface area contributed by atoms with E-state index >= 15 is 0 Å². The van der Waals surface area contributed by atoms with Crippen LogP contribution < -0.4 is 0 Å². The first-order valence-electron chi connectivity index (χ1n) is 7.15. The number of hydrogen-bond donors (Lipinski definition) is 0. The number of carbonyl (C=O) groups is 1. The van der Waals surface area contributed by atoms with Gasteiger partial charge in [-0.05, 0) is 26.7 Å². The summed E-state index contributed by atoms with van der Waals surface area (Å²) in [4.78, 5) is 17.9. The maximum atomic E-state index is 12.6. The summed E-state index contributed by atoms with van der Waals surface area (Å²) in [5.74, 6) is -0.109. The number of aryl methyl sites for hydroxylation is 2. The summed E-state index contributed by atoms with van der Waals surface area (Å²) < 4.78 is 7.70. The minimum absolute atomic E-state index is 0.0488. The van der Waals surface area contributed by atoms with E-state index in [-0.39, 0.29) is 17.9 Å². The van der Waals surface area contributed by atoms with Gasteiger partial charge in [-0.25, -0.2) is 5.06 Å². The third kappa shape index (κ3) is 2.13. The molecule has 2 saturated heterocycles. The Bertz CT molecular complexity index is 520. The molecule has 2 aliphatic rings. The summed E-state index contributed by atoms with van der Waals surface area (Å²) in [6.45, 7) is 5.92. The number of hydrogen-bond acceptors (Lipinski definition) is 4. The molecule has 2 atom stereocenters. The number of ether oxygens (including phenoxy) is 1. The lowest BCUT2D eigenvalue weighted by atomic mass is 9.93. The van der Waals surface area contributed by atoms with Gasteiger partial charge in [-0.1, -0.05) is 0 Å². The Hall–Kier alpha value is -1.40. The standard InChI is InChI=1S/C14H21N3O3/c1-9-12(10(2)16(3)15-9)13-11(5-8-19-13)14(18)17-6-4-7-20-17/h11,13H,4-8H2,1-3H3/t11-,13-/m0/s1. The fraction of sp³-hybridized carbons (Fsp3) is 0.714. The van der Waals surface area contributed by atoms with Crippen LogP contribution in [0.25, 0.3) is 0 Å². The van der Waals surface area contributed by atoms with Gasteiger partial charge in [0.25, 0.3) is 5.91 Å². The molecule has 0 radical (unpaired) electrons. The maximum absolute atomic E-state index is 12.6. The summed E-state index contributed by atoms with van der Waals surface area (Å²) in [6.07, 6.45) is 1.46. The van der Waals surface area contributed by atoms with Crippen molar-refractivity contribution in [3.05, 3.63) is 17.0 Å². The van der Waals surface area contributed by atoms with E-state index in [0.717, 1.165) is 29.8 Å². The van der Waals surface area contributed by atoms with Crippen molar-refractivity contribution >= 4 is 5.91 Å². The zero-order valence-electron chi connectivity index (χ0n) is 12.3. The van der Waals surface area contributed by atoms with Gasteiger partial charge in [0.1, 0.15) is 0 Å².